The van der Waals surface area contributed by atoms with Crippen molar-refractivity contribution in [1.29, 1.82) is 0 Å². The summed E-state index contributed by atoms with van der Waals surface area (Å²) >= 11 is 0. The smallest absolute Gasteiger partial charge is 0.309 e. The minimum atomic E-state index is -0.310. The number of aromatic nitrogens is 3. The van der Waals surface area contributed by atoms with Crippen LogP contribution in [0.5, 0.6) is 0 Å². The van der Waals surface area contributed by atoms with Crippen LogP contribution in [-0.4, -0.2) is 44.8 Å². The number of rotatable bonds is 5. The lowest BCUT2D eigenvalue weighted by Crippen LogP contribution is -2.39. The van der Waals surface area contributed by atoms with Crippen molar-refractivity contribution in [2.45, 2.75) is 33.3 Å². The molecule has 2 aromatic rings. The quantitative estimate of drug-likeness (QED) is 0.748. The van der Waals surface area contributed by atoms with Crippen LogP contribution in [-0.2, 0) is 20.9 Å². The van der Waals surface area contributed by atoms with Crippen LogP contribution in [0.1, 0.15) is 31.2 Å². The predicted octanol–water partition coefficient (Wildman–Crippen LogP) is 1.81. The van der Waals surface area contributed by atoms with Gasteiger partial charge in [-0.3, -0.25) is 9.59 Å². The number of benzene rings is 1. The van der Waals surface area contributed by atoms with Crippen LogP contribution in [0.15, 0.2) is 24.3 Å². The zero-order chi connectivity index (χ0) is 20.1. The lowest BCUT2D eigenvalue weighted by molar-refractivity contribution is -0.153. The number of nitrogens with one attached hydrogen (secondary N) is 1. The van der Waals surface area contributed by atoms with Crippen molar-refractivity contribution in [1.82, 2.24) is 19.9 Å². The van der Waals surface area contributed by atoms with Crippen molar-refractivity contribution in [3.8, 4) is 0 Å². The van der Waals surface area contributed by atoms with Crippen molar-refractivity contribution in [2.75, 3.05) is 24.1 Å². The van der Waals surface area contributed by atoms with Gasteiger partial charge in [0.1, 0.15) is 0 Å². The van der Waals surface area contributed by atoms with E-state index in [-0.39, 0.29) is 36.2 Å². The van der Waals surface area contributed by atoms with Gasteiger partial charge in [0.05, 0.1) is 5.92 Å². The summed E-state index contributed by atoms with van der Waals surface area (Å²) in [7, 11) is 0. The highest BCUT2D eigenvalue weighted by atomic mass is 16.5. The molecule has 1 amide bonds. The first kappa shape index (κ1) is 19.5. The standard InChI is InChI=1S/C19H24N6O3/c1-12-5-3-4-6-15(12)21-19-23-16(22-18(20)24-19)11-28-17(27)14-7-9-25(10-8-14)13(2)26/h3-6,14H,7-11H2,1-2H3,(H3,20,21,22,23,24). The van der Waals surface area contributed by atoms with Crippen molar-refractivity contribution in [3.05, 3.63) is 35.7 Å². The predicted molar refractivity (Wildman–Crippen MR) is 103 cm³/mol. The average Bonchev–Trinajstić information content (AvgIpc) is 2.67. The number of aryl methyl sites for hydroxylation is 1. The summed E-state index contributed by atoms with van der Waals surface area (Å²) in [4.78, 5) is 37.8. The number of amides is 1. The van der Waals surface area contributed by atoms with Crippen molar-refractivity contribution >= 4 is 29.5 Å². The Morgan fingerprint density at radius 2 is 1.93 bits per heavy atom. The van der Waals surface area contributed by atoms with Crippen LogP contribution in [0, 0.1) is 12.8 Å². The fourth-order valence-electron chi connectivity index (χ4n) is 3.08. The maximum atomic E-state index is 12.3. The van der Waals surface area contributed by atoms with E-state index in [0.717, 1.165) is 11.3 Å². The Bertz CT molecular complexity index is 864. The van der Waals surface area contributed by atoms with E-state index in [9.17, 15) is 9.59 Å². The lowest BCUT2D eigenvalue weighted by atomic mass is 9.97. The van der Waals surface area contributed by atoms with Gasteiger partial charge < -0.3 is 20.7 Å². The Kier molecular flexibility index (Phi) is 6.03. The number of anilines is 3. The number of ether oxygens (including phenoxy) is 1. The lowest BCUT2D eigenvalue weighted by Gasteiger charge is -2.29. The topological polar surface area (TPSA) is 123 Å². The van der Waals surface area contributed by atoms with E-state index < -0.39 is 0 Å². The summed E-state index contributed by atoms with van der Waals surface area (Å²) in [6.07, 6.45) is 1.19. The molecule has 1 aromatic carbocycles. The molecule has 28 heavy (non-hydrogen) atoms. The average molecular weight is 384 g/mol. The largest absolute Gasteiger partial charge is 0.457 e. The summed E-state index contributed by atoms with van der Waals surface area (Å²) in [5.41, 5.74) is 7.65. The molecule has 0 aliphatic carbocycles. The first-order chi connectivity index (χ1) is 13.4. The fraction of sp³-hybridized carbons (Fsp3) is 0.421. The molecule has 1 aliphatic rings. The Morgan fingerprint density at radius 3 is 2.61 bits per heavy atom. The fourth-order valence-corrected chi connectivity index (χ4v) is 3.08. The van der Waals surface area contributed by atoms with Gasteiger partial charge in [-0.2, -0.15) is 15.0 Å². The molecule has 3 rings (SSSR count). The summed E-state index contributed by atoms with van der Waals surface area (Å²) in [5, 5.41) is 3.10. The molecule has 1 fully saturated rings. The second-order valence-electron chi connectivity index (χ2n) is 6.76. The van der Waals surface area contributed by atoms with Crippen LogP contribution in [0.25, 0.3) is 0 Å². The monoisotopic (exact) mass is 384 g/mol. The molecular weight excluding hydrogens is 360 g/mol. The number of hydrogen-bond donors (Lipinski definition) is 2. The summed E-state index contributed by atoms with van der Waals surface area (Å²) in [6.45, 7) is 4.55. The maximum Gasteiger partial charge on any atom is 0.309 e. The number of esters is 1. The molecular formula is C19H24N6O3. The molecule has 0 unspecified atom stereocenters. The van der Waals surface area contributed by atoms with Crippen LogP contribution in [0.3, 0.4) is 0 Å². The highest BCUT2D eigenvalue weighted by Crippen LogP contribution is 2.20. The van der Waals surface area contributed by atoms with E-state index in [1.807, 2.05) is 31.2 Å². The molecule has 0 saturated carbocycles. The van der Waals surface area contributed by atoms with E-state index in [0.29, 0.717) is 31.9 Å². The maximum absolute atomic E-state index is 12.3. The van der Waals surface area contributed by atoms with Crippen LogP contribution >= 0.6 is 0 Å². The first-order valence-electron chi connectivity index (χ1n) is 9.17. The number of piperidine rings is 1. The van der Waals surface area contributed by atoms with Crippen molar-refractivity contribution < 1.29 is 14.3 Å². The Balaban J connectivity index is 1.59. The van der Waals surface area contributed by atoms with Gasteiger partial charge in [0.2, 0.25) is 17.8 Å². The normalized spacial score (nSPS) is 14.6. The molecule has 1 aromatic heterocycles. The number of nitrogens with zero attached hydrogens (tertiary/aromatic N) is 4. The van der Waals surface area contributed by atoms with Crippen LogP contribution in [0.4, 0.5) is 17.6 Å². The molecule has 0 radical (unpaired) electrons. The highest BCUT2D eigenvalue weighted by Gasteiger charge is 2.27. The van der Waals surface area contributed by atoms with Gasteiger partial charge in [0.15, 0.2) is 12.4 Å². The molecule has 0 bridgehead atoms. The number of nitrogens with two attached hydrogens (primary N) is 1. The van der Waals surface area contributed by atoms with Gasteiger partial charge >= 0.3 is 5.97 Å². The number of carbonyl (C=O) groups is 2. The molecule has 1 aliphatic heterocycles. The second kappa shape index (κ2) is 8.64. The molecule has 0 spiro atoms. The third-order valence-corrected chi connectivity index (χ3v) is 4.71. The highest BCUT2D eigenvalue weighted by molar-refractivity contribution is 5.75. The van der Waals surface area contributed by atoms with E-state index in [4.69, 9.17) is 10.5 Å². The van der Waals surface area contributed by atoms with E-state index in [1.165, 1.54) is 6.92 Å². The SMILES string of the molecule is CC(=O)N1CCC(C(=O)OCc2nc(N)nc(Nc3ccccc3C)n2)CC1. The molecule has 9 heteroatoms. The number of carbonyl (C=O) groups excluding carboxylic acids is 2. The first-order valence-corrected chi connectivity index (χ1v) is 9.17. The van der Waals surface area contributed by atoms with E-state index in [2.05, 4.69) is 20.3 Å². The van der Waals surface area contributed by atoms with E-state index >= 15 is 0 Å². The molecule has 0 atom stereocenters. The minimum Gasteiger partial charge on any atom is -0.457 e. The second-order valence-corrected chi connectivity index (χ2v) is 6.76. The van der Waals surface area contributed by atoms with Gasteiger partial charge in [-0.05, 0) is 31.4 Å². The summed E-state index contributed by atoms with van der Waals surface area (Å²) in [6, 6.07) is 7.71. The van der Waals surface area contributed by atoms with Crippen molar-refractivity contribution in [3.63, 3.8) is 0 Å². The molecule has 3 N–H and O–H groups in total. The van der Waals surface area contributed by atoms with Crippen molar-refractivity contribution in [2.24, 2.45) is 5.92 Å². The Morgan fingerprint density at radius 1 is 1.21 bits per heavy atom. The van der Waals surface area contributed by atoms with Gasteiger partial charge in [0, 0.05) is 25.7 Å². The zero-order valence-electron chi connectivity index (χ0n) is 16.0. The molecule has 2 heterocycles. The van der Waals surface area contributed by atoms with Gasteiger partial charge in [-0.25, -0.2) is 0 Å². The number of para-hydroxylation sites is 1. The van der Waals surface area contributed by atoms with Gasteiger partial charge in [0.25, 0.3) is 0 Å². The number of nitrogen functional groups attached to an aromatic ring is 1. The van der Waals surface area contributed by atoms with Crippen LogP contribution in [0.2, 0.25) is 0 Å². The third kappa shape index (κ3) is 4.93. The Labute approximate surface area is 163 Å². The minimum absolute atomic E-state index is 0.0289. The molecule has 148 valence electrons. The third-order valence-electron chi connectivity index (χ3n) is 4.71. The molecule has 9 nitrogen and oxygen atoms in total. The van der Waals surface area contributed by atoms with Gasteiger partial charge in [-0.1, -0.05) is 18.2 Å². The Hall–Kier alpha value is -3.23. The van der Waals surface area contributed by atoms with Crippen LogP contribution < -0.4 is 11.1 Å². The van der Waals surface area contributed by atoms with Gasteiger partial charge in [-0.15, -0.1) is 0 Å². The molecule has 1 saturated heterocycles. The van der Waals surface area contributed by atoms with E-state index in [1.54, 1.807) is 4.90 Å². The summed E-state index contributed by atoms with van der Waals surface area (Å²) < 4.78 is 5.37. The zero-order valence-corrected chi connectivity index (χ0v) is 16.0. The number of likely N-dealkylation sites (tertiary alicyclic amines) is 1. The summed E-state index contributed by atoms with van der Waals surface area (Å²) in [5.74, 6) is 0.115. The number of hydrogen-bond acceptors (Lipinski definition) is 8.